The second kappa shape index (κ2) is 4.75. The molecule has 1 aromatic rings. The van der Waals surface area contributed by atoms with Crippen LogP contribution in [-0.2, 0) is 16.5 Å². The zero-order chi connectivity index (χ0) is 12.4. The number of nitrogens with zero attached hydrogens (tertiary/aromatic N) is 2. The van der Waals surface area contributed by atoms with E-state index < -0.39 is 5.97 Å². The van der Waals surface area contributed by atoms with Crippen molar-refractivity contribution in [1.82, 2.24) is 9.78 Å². The Hall–Kier alpha value is -1.56. The first-order valence-electron chi connectivity index (χ1n) is 5.67. The minimum Gasteiger partial charge on any atom is -0.464 e. The first-order chi connectivity index (χ1) is 8.15. The molecule has 1 unspecified atom stereocenters. The van der Waals surface area contributed by atoms with Gasteiger partial charge in [-0.15, -0.1) is 0 Å². The van der Waals surface area contributed by atoms with Crippen LogP contribution in [-0.4, -0.2) is 29.5 Å². The van der Waals surface area contributed by atoms with Crippen LogP contribution in [0.15, 0.2) is 0 Å². The van der Waals surface area contributed by atoms with Crippen LogP contribution >= 0.6 is 0 Å². The van der Waals surface area contributed by atoms with E-state index in [1.807, 2.05) is 0 Å². The van der Waals surface area contributed by atoms with Gasteiger partial charge >= 0.3 is 5.97 Å². The summed E-state index contributed by atoms with van der Waals surface area (Å²) in [5, 5.41) is 4.09. The van der Waals surface area contributed by atoms with E-state index in [0.29, 0.717) is 18.0 Å². The summed E-state index contributed by atoms with van der Waals surface area (Å²) in [6.07, 6.45) is 2.83. The van der Waals surface area contributed by atoms with Crippen molar-refractivity contribution in [3.05, 3.63) is 11.3 Å². The van der Waals surface area contributed by atoms with Crippen LogP contribution in [0.4, 0.5) is 5.82 Å². The lowest BCUT2D eigenvalue weighted by molar-refractivity contribution is 0.0140. The average Bonchev–Trinajstić information content (AvgIpc) is 2.66. The van der Waals surface area contributed by atoms with E-state index in [4.69, 9.17) is 15.2 Å². The molecule has 6 heteroatoms. The number of hydrogen-bond acceptors (Lipinski definition) is 5. The average molecular weight is 239 g/mol. The molecule has 0 aromatic carbocycles. The van der Waals surface area contributed by atoms with Crippen LogP contribution in [0.25, 0.3) is 0 Å². The van der Waals surface area contributed by atoms with Crippen LogP contribution in [0, 0.1) is 0 Å². The highest BCUT2D eigenvalue weighted by molar-refractivity contribution is 5.90. The van der Waals surface area contributed by atoms with E-state index in [9.17, 15) is 4.79 Å². The van der Waals surface area contributed by atoms with E-state index in [2.05, 4.69) is 5.10 Å². The topological polar surface area (TPSA) is 79.4 Å². The Balaban J connectivity index is 2.39. The molecular weight excluding hydrogens is 222 g/mol. The monoisotopic (exact) mass is 239 g/mol. The predicted octanol–water partition coefficient (Wildman–Crippen LogP) is 1.03. The number of aryl methyl sites for hydroxylation is 1. The predicted molar refractivity (Wildman–Crippen MR) is 61.5 cm³/mol. The maximum atomic E-state index is 11.6. The quantitative estimate of drug-likeness (QED) is 0.780. The minimum absolute atomic E-state index is 0.147. The molecule has 0 bridgehead atoms. The lowest BCUT2D eigenvalue weighted by Crippen LogP contribution is -2.16. The van der Waals surface area contributed by atoms with Gasteiger partial charge in [0.15, 0.2) is 5.69 Å². The number of ether oxygens (including phenoxy) is 2. The van der Waals surface area contributed by atoms with E-state index in [1.165, 1.54) is 11.8 Å². The number of nitrogens with two attached hydrogens (primary N) is 1. The SMILES string of the molecule is COC(=O)c1nn(C)c(N)c1C1CCCCO1. The molecule has 1 aliphatic heterocycles. The first-order valence-corrected chi connectivity index (χ1v) is 5.67. The fourth-order valence-electron chi connectivity index (χ4n) is 2.09. The van der Waals surface area contributed by atoms with Crippen molar-refractivity contribution >= 4 is 11.8 Å². The number of nitrogen functional groups attached to an aromatic ring is 1. The Labute approximate surface area is 99.7 Å². The molecule has 1 fully saturated rings. The molecule has 17 heavy (non-hydrogen) atoms. The van der Waals surface area contributed by atoms with Gasteiger partial charge in [-0.25, -0.2) is 4.79 Å². The van der Waals surface area contributed by atoms with E-state index in [-0.39, 0.29) is 11.8 Å². The second-order valence-corrected chi connectivity index (χ2v) is 4.12. The Morgan fingerprint density at radius 1 is 1.59 bits per heavy atom. The zero-order valence-corrected chi connectivity index (χ0v) is 10.1. The number of anilines is 1. The van der Waals surface area contributed by atoms with E-state index in [0.717, 1.165) is 19.3 Å². The summed E-state index contributed by atoms with van der Waals surface area (Å²) in [6.45, 7) is 0.694. The molecule has 1 aliphatic rings. The summed E-state index contributed by atoms with van der Waals surface area (Å²) in [7, 11) is 3.03. The third kappa shape index (κ3) is 2.12. The van der Waals surface area contributed by atoms with Gasteiger partial charge in [0.05, 0.1) is 18.8 Å². The standard InChI is InChI=1S/C11H17N3O3/c1-14-10(12)8(7-5-3-4-6-17-7)9(13-14)11(15)16-2/h7H,3-6,12H2,1-2H3. The van der Waals surface area contributed by atoms with E-state index in [1.54, 1.807) is 7.05 Å². The summed E-state index contributed by atoms with van der Waals surface area (Å²) in [6, 6.07) is 0. The molecule has 0 amide bonds. The molecule has 2 heterocycles. The second-order valence-electron chi connectivity index (χ2n) is 4.12. The Morgan fingerprint density at radius 3 is 2.94 bits per heavy atom. The van der Waals surface area contributed by atoms with Crippen molar-refractivity contribution in [3.63, 3.8) is 0 Å². The summed E-state index contributed by atoms with van der Waals surface area (Å²) in [5.74, 6) is -0.00114. The number of methoxy groups -OCH3 is 1. The maximum absolute atomic E-state index is 11.6. The molecule has 0 spiro atoms. The molecule has 1 saturated heterocycles. The fraction of sp³-hybridized carbons (Fsp3) is 0.636. The molecule has 1 aromatic heterocycles. The highest BCUT2D eigenvalue weighted by atomic mass is 16.5. The van der Waals surface area contributed by atoms with Gasteiger partial charge in [-0.1, -0.05) is 0 Å². The molecular formula is C11H17N3O3. The normalized spacial score (nSPS) is 20.2. The van der Waals surface area contributed by atoms with Crippen molar-refractivity contribution in [3.8, 4) is 0 Å². The molecule has 2 N–H and O–H groups in total. The van der Waals surface area contributed by atoms with Gasteiger partial charge in [-0.2, -0.15) is 5.10 Å². The smallest absolute Gasteiger partial charge is 0.359 e. The van der Waals surface area contributed by atoms with Crippen LogP contribution in [0.3, 0.4) is 0 Å². The van der Waals surface area contributed by atoms with Gasteiger partial charge < -0.3 is 15.2 Å². The molecule has 2 rings (SSSR count). The number of carbonyl (C=O) groups is 1. The highest BCUT2D eigenvalue weighted by Crippen LogP contribution is 2.33. The molecule has 0 aliphatic carbocycles. The highest BCUT2D eigenvalue weighted by Gasteiger charge is 2.29. The Kier molecular flexibility index (Phi) is 3.33. The van der Waals surface area contributed by atoms with E-state index >= 15 is 0 Å². The summed E-state index contributed by atoms with van der Waals surface area (Å²) in [4.78, 5) is 11.6. The number of carbonyl (C=O) groups excluding carboxylic acids is 1. The van der Waals surface area contributed by atoms with Crippen LogP contribution in [0.1, 0.15) is 41.4 Å². The summed E-state index contributed by atoms with van der Waals surface area (Å²) in [5.41, 5.74) is 6.87. The van der Waals surface area contributed by atoms with Gasteiger partial charge in [0, 0.05) is 13.7 Å². The number of esters is 1. The molecule has 1 atom stereocenters. The molecule has 0 saturated carbocycles. The largest absolute Gasteiger partial charge is 0.464 e. The van der Waals surface area contributed by atoms with Crippen molar-refractivity contribution in [2.75, 3.05) is 19.5 Å². The third-order valence-electron chi connectivity index (χ3n) is 3.01. The number of hydrogen-bond donors (Lipinski definition) is 1. The first kappa shape index (κ1) is 11.9. The van der Waals surface area contributed by atoms with Crippen molar-refractivity contribution < 1.29 is 14.3 Å². The van der Waals surface area contributed by atoms with Crippen LogP contribution < -0.4 is 5.73 Å². The fourth-order valence-corrected chi connectivity index (χ4v) is 2.09. The van der Waals surface area contributed by atoms with Crippen molar-refractivity contribution in [2.24, 2.45) is 7.05 Å². The summed E-state index contributed by atoms with van der Waals surface area (Å²) >= 11 is 0. The molecule has 6 nitrogen and oxygen atoms in total. The summed E-state index contributed by atoms with van der Waals surface area (Å²) < 4.78 is 11.8. The lowest BCUT2D eigenvalue weighted by atomic mass is 10.0. The van der Waals surface area contributed by atoms with Crippen LogP contribution in [0.2, 0.25) is 0 Å². The Bertz CT molecular complexity index is 422. The van der Waals surface area contributed by atoms with Gasteiger partial charge in [0.2, 0.25) is 0 Å². The maximum Gasteiger partial charge on any atom is 0.359 e. The minimum atomic E-state index is -0.471. The molecule has 94 valence electrons. The van der Waals surface area contributed by atoms with Gasteiger partial charge in [-0.3, -0.25) is 4.68 Å². The number of rotatable bonds is 2. The van der Waals surface area contributed by atoms with Crippen molar-refractivity contribution in [1.29, 1.82) is 0 Å². The Morgan fingerprint density at radius 2 is 2.35 bits per heavy atom. The van der Waals surface area contributed by atoms with Gasteiger partial charge in [-0.05, 0) is 19.3 Å². The number of aromatic nitrogens is 2. The zero-order valence-electron chi connectivity index (χ0n) is 10.1. The third-order valence-corrected chi connectivity index (χ3v) is 3.01. The molecule has 0 radical (unpaired) electrons. The van der Waals surface area contributed by atoms with Gasteiger partial charge in [0.1, 0.15) is 5.82 Å². The van der Waals surface area contributed by atoms with Crippen molar-refractivity contribution in [2.45, 2.75) is 25.4 Å². The van der Waals surface area contributed by atoms with Crippen LogP contribution in [0.5, 0.6) is 0 Å². The lowest BCUT2D eigenvalue weighted by Gasteiger charge is -2.22. The van der Waals surface area contributed by atoms with Gasteiger partial charge in [0.25, 0.3) is 0 Å².